The Morgan fingerprint density at radius 1 is 1.44 bits per heavy atom. The summed E-state index contributed by atoms with van der Waals surface area (Å²) < 4.78 is 12.1. The fourth-order valence-electron chi connectivity index (χ4n) is 0.987. The van der Waals surface area contributed by atoms with E-state index in [-0.39, 0.29) is 3.62 Å². The number of aliphatic carboxylic acids is 1. The summed E-state index contributed by atoms with van der Waals surface area (Å²) in [6.07, 6.45) is 2.66. The molecule has 0 aromatic carbocycles. The minimum atomic E-state index is -0.833. The van der Waals surface area contributed by atoms with Crippen LogP contribution in [0.25, 0.3) is 0 Å². The molecule has 0 aliphatic carbocycles. The van der Waals surface area contributed by atoms with Gasteiger partial charge in [-0.1, -0.05) is 0 Å². The molecule has 5 heteroatoms. The number of carboxylic acid groups (broad SMARTS) is 1. The second kappa shape index (κ2) is 11.7. The Labute approximate surface area is 109 Å². The van der Waals surface area contributed by atoms with E-state index < -0.39 is 27.1 Å². The van der Waals surface area contributed by atoms with Gasteiger partial charge in [0.1, 0.15) is 0 Å². The summed E-state index contributed by atoms with van der Waals surface area (Å²) in [5.41, 5.74) is 0. The SMILES string of the molecule is CC(=O)O.CCC[CH2][Sn][C](C)(COC)OC. The van der Waals surface area contributed by atoms with Crippen LogP contribution in [-0.2, 0) is 14.3 Å². The van der Waals surface area contributed by atoms with Crippen molar-refractivity contribution in [2.45, 2.75) is 41.7 Å². The van der Waals surface area contributed by atoms with Crippen LogP contribution in [0.15, 0.2) is 0 Å². The van der Waals surface area contributed by atoms with E-state index in [2.05, 4.69) is 13.8 Å². The van der Waals surface area contributed by atoms with Crippen LogP contribution in [-0.4, -0.2) is 56.7 Å². The molecule has 1 N–H and O–H groups in total. The third kappa shape index (κ3) is 14.2. The van der Waals surface area contributed by atoms with E-state index in [1.54, 1.807) is 14.2 Å². The molecular formula is C11H24O4Sn. The van der Waals surface area contributed by atoms with Crippen LogP contribution in [0, 0.1) is 0 Å². The molecule has 0 saturated heterocycles. The van der Waals surface area contributed by atoms with Gasteiger partial charge in [0, 0.05) is 6.92 Å². The van der Waals surface area contributed by atoms with Gasteiger partial charge >= 0.3 is 86.2 Å². The molecule has 0 amide bonds. The molecule has 2 radical (unpaired) electrons. The number of methoxy groups -OCH3 is 2. The average molecular weight is 339 g/mol. The summed E-state index contributed by atoms with van der Waals surface area (Å²) in [5.74, 6) is -0.833. The topological polar surface area (TPSA) is 55.8 Å². The van der Waals surface area contributed by atoms with Crippen LogP contribution >= 0.6 is 0 Å². The average Bonchev–Trinajstić information content (AvgIpc) is 2.18. The summed E-state index contributed by atoms with van der Waals surface area (Å²) in [6, 6.07) is 0. The van der Waals surface area contributed by atoms with Crippen molar-refractivity contribution in [1.82, 2.24) is 0 Å². The molecule has 0 rings (SSSR count). The van der Waals surface area contributed by atoms with Crippen LogP contribution < -0.4 is 0 Å². The third-order valence-electron chi connectivity index (χ3n) is 1.90. The van der Waals surface area contributed by atoms with Gasteiger partial charge in [0.05, 0.1) is 0 Å². The van der Waals surface area contributed by atoms with Crippen LogP contribution in [0.4, 0.5) is 0 Å². The Morgan fingerprint density at radius 2 is 1.94 bits per heavy atom. The first-order valence-corrected chi connectivity index (χ1v) is 8.85. The van der Waals surface area contributed by atoms with Gasteiger partial charge in [-0.3, -0.25) is 4.79 Å². The number of ether oxygens (including phenoxy) is 2. The van der Waals surface area contributed by atoms with Crippen molar-refractivity contribution < 1.29 is 19.4 Å². The first-order chi connectivity index (χ1) is 7.41. The zero-order valence-electron chi connectivity index (χ0n) is 11.0. The number of carbonyl (C=O) groups is 1. The summed E-state index contributed by atoms with van der Waals surface area (Å²) in [6.45, 7) is 6.26. The predicted octanol–water partition coefficient (Wildman–Crippen LogP) is 2.01. The van der Waals surface area contributed by atoms with E-state index in [9.17, 15) is 0 Å². The summed E-state index contributed by atoms with van der Waals surface area (Å²) in [4.78, 5) is 9.00. The number of unbranched alkanes of at least 4 members (excludes halogenated alkanes) is 1. The zero-order valence-corrected chi connectivity index (χ0v) is 13.9. The van der Waals surface area contributed by atoms with Crippen molar-refractivity contribution in [2.75, 3.05) is 20.8 Å². The minimum absolute atomic E-state index is 0.0906. The van der Waals surface area contributed by atoms with Gasteiger partial charge in [0.25, 0.3) is 5.97 Å². The van der Waals surface area contributed by atoms with Crippen LogP contribution in [0.2, 0.25) is 4.44 Å². The Bertz CT molecular complexity index is 171. The monoisotopic (exact) mass is 340 g/mol. The Balaban J connectivity index is 0. The number of carboxylic acids is 1. The van der Waals surface area contributed by atoms with Crippen molar-refractivity contribution in [1.29, 1.82) is 0 Å². The number of rotatable bonds is 7. The second-order valence-electron chi connectivity index (χ2n) is 3.67. The molecule has 96 valence electrons. The quantitative estimate of drug-likeness (QED) is 0.570. The standard InChI is InChI=1S/C5H11O2.C4H9.C2H4O2.Sn/c1-5(7-3)4-6-2;1-3-4-2;1-2(3)4;/h4H2,1-3H3;1,3-4H2,2H3;1H3,(H,3,4);. The number of hydrogen-bond donors (Lipinski definition) is 1. The predicted molar refractivity (Wildman–Crippen MR) is 66.1 cm³/mol. The first kappa shape index (κ1) is 18.6. The molecule has 0 bridgehead atoms. The molecule has 1 unspecified atom stereocenters. The molecule has 0 aliphatic heterocycles. The van der Waals surface area contributed by atoms with E-state index >= 15 is 0 Å². The maximum absolute atomic E-state index is 9.00. The van der Waals surface area contributed by atoms with Gasteiger partial charge in [0.2, 0.25) is 0 Å². The molecule has 1 atom stereocenters. The van der Waals surface area contributed by atoms with Crippen molar-refractivity contribution in [3.05, 3.63) is 0 Å². The zero-order chi connectivity index (χ0) is 13.0. The van der Waals surface area contributed by atoms with Gasteiger partial charge in [-0.05, 0) is 0 Å². The van der Waals surface area contributed by atoms with Crippen molar-refractivity contribution in [3.63, 3.8) is 0 Å². The van der Waals surface area contributed by atoms with Crippen LogP contribution in [0.3, 0.4) is 0 Å². The van der Waals surface area contributed by atoms with E-state index in [0.717, 1.165) is 13.5 Å². The molecule has 0 heterocycles. The molecule has 0 aromatic heterocycles. The number of hydrogen-bond acceptors (Lipinski definition) is 3. The molecular weight excluding hydrogens is 315 g/mol. The summed E-state index contributed by atoms with van der Waals surface area (Å²) in [7, 11) is 3.54. The molecule has 0 saturated carbocycles. The van der Waals surface area contributed by atoms with Gasteiger partial charge in [-0.15, -0.1) is 0 Å². The summed E-state index contributed by atoms with van der Waals surface area (Å²) >= 11 is -0.416. The van der Waals surface area contributed by atoms with E-state index in [4.69, 9.17) is 19.4 Å². The summed E-state index contributed by atoms with van der Waals surface area (Å²) in [5, 5.41) is 7.42. The molecule has 16 heavy (non-hydrogen) atoms. The van der Waals surface area contributed by atoms with Gasteiger partial charge < -0.3 is 5.11 Å². The van der Waals surface area contributed by atoms with Crippen molar-refractivity contribution >= 4 is 27.1 Å². The fraction of sp³-hybridized carbons (Fsp3) is 0.909. The van der Waals surface area contributed by atoms with Crippen LogP contribution in [0.5, 0.6) is 0 Å². The van der Waals surface area contributed by atoms with E-state index in [0.29, 0.717) is 0 Å². The molecule has 0 spiro atoms. The molecule has 0 aromatic rings. The van der Waals surface area contributed by atoms with Crippen molar-refractivity contribution in [2.24, 2.45) is 0 Å². The normalized spacial score (nSPS) is 13.6. The first-order valence-electron chi connectivity index (χ1n) is 5.40. The molecule has 0 aliphatic rings. The van der Waals surface area contributed by atoms with Crippen molar-refractivity contribution in [3.8, 4) is 0 Å². The second-order valence-corrected chi connectivity index (χ2v) is 9.12. The fourth-order valence-corrected chi connectivity index (χ4v) is 5.13. The van der Waals surface area contributed by atoms with E-state index in [1.807, 2.05) is 0 Å². The Hall–Kier alpha value is 0.189. The molecule has 0 fully saturated rings. The molecule has 4 nitrogen and oxygen atoms in total. The Morgan fingerprint density at radius 3 is 2.25 bits per heavy atom. The van der Waals surface area contributed by atoms with Gasteiger partial charge in [-0.25, -0.2) is 0 Å². The Kier molecular flexibility index (Phi) is 13.5. The third-order valence-corrected chi connectivity index (χ3v) is 6.75. The van der Waals surface area contributed by atoms with Gasteiger partial charge in [0.15, 0.2) is 0 Å². The maximum atomic E-state index is 9.00. The van der Waals surface area contributed by atoms with Gasteiger partial charge in [-0.2, -0.15) is 0 Å². The van der Waals surface area contributed by atoms with Crippen LogP contribution in [0.1, 0.15) is 33.6 Å². The van der Waals surface area contributed by atoms with E-state index in [1.165, 1.54) is 17.3 Å².